The van der Waals surface area contributed by atoms with E-state index in [-0.39, 0.29) is 17.5 Å². The Kier molecular flexibility index (Phi) is 5.14. The Labute approximate surface area is 180 Å². The summed E-state index contributed by atoms with van der Waals surface area (Å²) < 4.78 is 39.9. The molecule has 1 unspecified atom stereocenters. The van der Waals surface area contributed by atoms with Crippen LogP contribution in [0.25, 0.3) is 0 Å². The van der Waals surface area contributed by atoms with E-state index in [2.05, 4.69) is 27.8 Å². The molecule has 8 heteroatoms. The monoisotopic (exact) mass is 442 g/mol. The molecule has 5 rings (SSSR count). The minimum absolute atomic E-state index is 0.0689. The Morgan fingerprint density at radius 1 is 1.03 bits per heavy atom. The first-order chi connectivity index (χ1) is 14.6. The van der Waals surface area contributed by atoms with Gasteiger partial charge >= 0.3 is 0 Å². The maximum atomic E-state index is 13.0. The van der Waals surface area contributed by atoms with Crippen LogP contribution >= 0.6 is 11.3 Å². The van der Waals surface area contributed by atoms with Crippen LogP contribution in [0.3, 0.4) is 0 Å². The van der Waals surface area contributed by atoms with E-state index in [4.69, 9.17) is 9.47 Å². The average molecular weight is 443 g/mol. The summed E-state index contributed by atoms with van der Waals surface area (Å²) in [4.78, 5) is 3.61. The normalized spacial score (nSPS) is 16.3. The summed E-state index contributed by atoms with van der Waals surface area (Å²) in [5, 5.41) is 2.03. The number of rotatable bonds is 6. The van der Waals surface area contributed by atoms with E-state index in [1.807, 2.05) is 23.6 Å². The van der Waals surface area contributed by atoms with Gasteiger partial charge < -0.3 is 14.4 Å². The number of ether oxygens (including phenoxy) is 2. The summed E-state index contributed by atoms with van der Waals surface area (Å²) in [5.74, 6) is 1.04. The Morgan fingerprint density at radius 3 is 2.70 bits per heavy atom. The number of fused-ring (bicyclic) bond motifs is 2. The van der Waals surface area contributed by atoms with Gasteiger partial charge in [-0.2, -0.15) is 0 Å². The second-order valence-corrected chi connectivity index (χ2v) is 10.0. The molecule has 1 aromatic heterocycles. The Hall–Kier alpha value is -2.55. The van der Waals surface area contributed by atoms with Crippen molar-refractivity contribution in [3.63, 3.8) is 0 Å². The number of para-hydroxylation sites is 1. The second-order valence-electron chi connectivity index (χ2n) is 7.26. The molecule has 1 N–H and O–H groups in total. The molecule has 6 nitrogen and oxygen atoms in total. The Bertz CT molecular complexity index is 1150. The highest BCUT2D eigenvalue weighted by atomic mass is 32.2. The van der Waals surface area contributed by atoms with Crippen LogP contribution in [-0.4, -0.2) is 34.7 Å². The van der Waals surface area contributed by atoms with Crippen molar-refractivity contribution in [1.82, 2.24) is 4.72 Å². The molecular formula is C22H22N2O4S2. The molecule has 0 bridgehead atoms. The molecular weight excluding hydrogens is 420 g/mol. The molecule has 0 saturated carbocycles. The fourth-order valence-corrected chi connectivity index (χ4v) is 5.89. The van der Waals surface area contributed by atoms with Gasteiger partial charge in [0.25, 0.3) is 0 Å². The van der Waals surface area contributed by atoms with Crippen molar-refractivity contribution in [2.75, 3.05) is 31.2 Å². The van der Waals surface area contributed by atoms with Crippen LogP contribution in [-0.2, 0) is 16.4 Å². The number of benzene rings is 2. The van der Waals surface area contributed by atoms with Crippen LogP contribution in [0.15, 0.2) is 64.9 Å². The predicted octanol–water partition coefficient (Wildman–Crippen LogP) is 3.60. The first kappa shape index (κ1) is 19.4. The fraction of sp³-hybridized carbons (Fsp3) is 0.273. The van der Waals surface area contributed by atoms with Crippen LogP contribution in [0, 0.1) is 0 Å². The molecule has 2 aliphatic heterocycles. The third-order valence-corrected chi connectivity index (χ3v) is 7.86. The van der Waals surface area contributed by atoms with Crippen molar-refractivity contribution in [3.8, 4) is 11.5 Å². The Morgan fingerprint density at radius 2 is 1.87 bits per heavy atom. The first-order valence-electron chi connectivity index (χ1n) is 9.89. The summed E-state index contributed by atoms with van der Waals surface area (Å²) in [5.41, 5.74) is 2.48. The summed E-state index contributed by atoms with van der Waals surface area (Å²) in [7, 11) is -3.69. The SMILES string of the molecule is O=S(=O)(NCC(c1cccs1)N1CCc2ccccc21)c1ccc2c(c1)OCCO2. The molecule has 2 aromatic carbocycles. The number of anilines is 1. The van der Waals surface area contributed by atoms with Gasteiger partial charge in [0.05, 0.1) is 10.9 Å². The lowest BCUT2D eigenvalue weighted by Crippen LogP contribution is -2.37. The van der Waals surface area contributed by atoms with Crippen molar-refractivity contribution in [2.45, 2.75) is 17.4 Å². The molecule has 0 fully saturated rings. The summed E-state index contributed by atoms with van der Waals surface area (Å²) in [6.07, 6.45) is 0.965. The summed E-state index contributed by atoms with van der Waals surface area (Å²) in [6.45, 7) is 2.04. The minimum Gasteiger partial charge on any atom is -0.486 e. The number of sulfonamides is 1. The van der Waals surface area contributed by atoms with Gasteiger partial charge in [-0.15, -0.1) is 11.3 Å². The fourth-order valence-electron chi connectivity index (χ4n) is 4.00. The minimum atomic E-state index is -3.69. The lowest BCUT2D eigenvalue weighted by molar-refractivity contribution is 0.171. The Balaban J connectivity index is 1.40. The molecule has 1 atom stereocenters. The van der Waals surface area contributed by atoms with Crippen LogP contribution in [0.2, 0.25) is 0 Å². The van der Waals surface area contributed by atoms with Gasteiger partial charge in [-0.1, -0.05) is 24.3 Å². The second kappa shape index (κ2) is 7.94. The zero-order chi connectivity index (χ0) is 20.6. The van der Waals surface area contributed by atoms with E-state index in [1.165, 1.54) is 17.3 Å². The lowest BCUT2D eigenvalue weighted by atomic mass is 10.1. The molecule has 2 aliphatic rings. The molecule has 3 aromatic rings. The average Bonchev–Trinajstić information content (AvgIpc) is 3.45. The van der Waals surface area contributed by atoms with E-state index < -0.39 is 10.0 Å². The number of hydrogen-bond donors (Lipinski definition) is 1. The predicted molar refractivity (Wildman–Crippen MR) is 117 cm³/mol. The van der Waals surface area contributed by atoms with E-state index in [0.29, 0.717) is 24.7 Å². The highest BCUT2D eigenvalue weighted by molar-refractivity contribution is 7.89. The van der Waals surface area contributed by atoms with Gasteiger partial charge in [0.15, 0.2) is 11.5 Å². The molecule has 0 radical (unpaired) electrons. The smallest absolute Gasteiger partial charge is 0.240 e. The molecule has 0 aliphatic carbocycles. The van der Waals surface area contributed by atoms with Gasteiger partial charge in [0.2, 0.25) is 10.0 Å². The molecule has 0 amide bonds. The number of thiophene rings is 1. The van der Waals surface area contributed by atoms with Crippen molar-refractivity contribution in [2.24, 2.45) is 0 Å². The summed E-state index contributed by atoms with van der Waals surface area (Å²) in [6, 6.07) is 17.1. The molecule has 3 heterocycles. The quantitative estimate of drug-likeness (QED) is 0.632. The van der Waals surface area contributed by atoms with Gasteiger partial charge in [0, 0.05) is 29.7 Å². The van der Waals surface area contributed by atoms with Crippen molar-refractivity contribution >= 4 is 27.0 Å². The van der Waals surface area contributed by atoms with Gasteiger partial charge in [-0.05, 0) is 41.6 Å². The standard InChI is InChI=1S/C22H22N2O4S2/c25-30(26,17-7-8-20-21(14-17)28-12-11-27-20)23-15-19(22-6-3-13-29-22)24-10-9-16-4-1-2-5-18(16)24/h1-8,13-14,19,23H,9-12,15H2. The molecule has 30 heavy (non-hydrogen) atoms. The van der Waals surface area contributed by atoms with E-state index >= 15 is 0 Å². The van der Waals surface area contributed by atoms with Crippen LogP contribution in [0.1, 0.15) is 16.5 Å². The zero-order valence-electron chi connectivity index (χ0n) is 16.3. The lowest BCUT2D eigenvalue weighted by Gasteiger charge is -2.30. The van der Waals surface area contributed by atoms with Crippen LogP contribution in [0.4, 0.5) is 5.69 Å². The molecule has 156 valence electrons. The van der Waals surface area contributed by atoms with E-state index in [9.17, 15) is 8.42 Å². The maximum absolute atomic E-state index is 13.0. The largest absolute Gasteiger partial charge is 0.486 e. The van der Waals surface area contributed by atoms with E-state index in [1.54, 1.807) is 23.5 Å². The van der Waals surface area contributed by atoms with Gasteiger partial charge in [-0.3, -0.25) is 0 Å². The van der Waals surface area contributed by atoms with Crippen molar-refractivity contribution < 1.29 is 17.9 Å². The zero-order valence-corrected chi connectivity index (χ0v) is 17.9. The third-order valence-electron chi connectivity index (χ3n) is 5.46. The van der Waals surface area contributed by atoms with E-state index in [0.717, 1.165) is 17.8 Å². The van der Waals surface area contributed by atoms with Crippen molar-refractivity contribution in [1.29, 1.82) is 0 Å². The molecule has 0 saturated heterocycles. The van der Waals surface area contributed by atoms with Crippen LogP contribution in [0.5, 0.6) is 11.5 Å². The van der Waals surface area contributed by atoms with Crippen molar-refractivity contribution in [3.05, 3.63) is 70.4 Å². The highest BCUT2D eigenvalue weighted by Gasteiger charge is 2.29. The third kappa shape index (κ3) is 3.66. The topological polar surface area (TPSA) is 67.9 Å². The molecule has 0 spiro atoms. The highest BCUT2D eigenvalue weighted by Crippen LogP contribution is 2.37. The number of nitrogens with one attached hydrogen (secondary N) is 1. The summed E-state index contributed by atoms with van der Waals surface area (Å²) >= 11 is 1.64. The van der Waals surface area contributed by atoms with Gasteiger partial charge in [0.1, 0.15) is 13.2 Å². The van der Waals surface area contributed by atoms with Gasteiger partial charge in [-0.25, -0.2) is 13.1 Å². The first-order valence-corrected chi connectivity index (χ1v) is 12.3. The maximum Gasteiger partial charge on any atom is 0.240 e. The number of hydrogen-bond acceptors (Lipinski definition) is 6. The number of nitrogens with zero attached hydrogens (tertiary/aromatic N) is 1. The van der Waals surface area contributed by atoms with Crippen LogP contribution < -0.4 is 19.1 Å².